The number of carbonyl (C=O) groups excluding carboxylic acids is 1. The number of hydrogen-bond donors (Lipinski definition) is 0. The number of nitrogens with zero attached hydrogens (tertiary/aromatic N) is 2. The highest BCUT2D eigenvalue weighted by Gasteiger charge is 2.21. The average Bonchev–Trinajstić information content (AvgIpc) is 3.08. The molecule has 1 aliphatic rings. The van der Waals surface area contributed by atoms with Gasteiger partial charge in [0.05, 0.1) is 6.04 Å². The molecule has 1 atom stereocenters. The van der Waals surface area contributed by atoms with Crippen molar-refractivity contribution in [3.8, 4) is 0 Å². The molecule has 0 N–H and O–H groups in total. The van der Waals surface area contributed by atoms with Gasteiger partial charge in [-0.1, -0.05) is 55.3 Å². The third-order valence-electron chi connectivity index (χ3n) is 4.58. The number of unbranched alkanes of at least 4 members (excludes halogenated alkanes) is 5. The Bertz CT molecular complexity index is 649. The molecule has 0 radical (unpaired) electrons. The van der Waals surface area contributed by atoms with Crippen LogP contribution in [0, 0.1) is 0 Å². The second-order valence-electron chi connectivity index (χ2n) is 6.87. The molecule has 8 heteroatoms. The molecule has 0 fully saturated rings. The van der Waals surface area contributed by atoms with Gasteiger partial charge in [0, 0.05) is 29.4 Å². The van der Waals surface area contributed by atoms with Crippen LogP contribution in [0.3, 0.4) is 0 Å². The number of amides is 1. The number of rotatable bonds is 12. The summed E-state index contributed by atoms with van der Waals surface area (Å²) in [6.45, 7) is 1.30. The first kappa shape index (κ1) is 22.8. The number of aliphatic imine (C=N–C) groups is 1. The standard InChI is InChI=1S/C20H28Cl2N2O4/c1-27-9-7-5-3-2-4-6-8-17-14-28-19(23-17)13-24(20(25)26)18-11-15(21)10-16(22)12-18/h10-12,17H,2-9,13-14H2,1H3,(H,25,26)/p-1. The largest absolute Gasteiger partial charge is 0.530 e. The molecule has 2 rings (SSSR count). The van der Waals surface area contributed by atoms with Crippen LogP contribution in [0.1, 0.15) is 44.9 Å². The molecule has 156 valence electrons. The van der Waals surface area contributed by atoms with E-state index in [2.05, 4.69) is 4.99 Å². The number of halogens is 2. The number of carboxylic acid groups (broad SMARTS) is 1. The zero-order valence-electron chi connectivity index (χ0n) is 16.2. The Kier molecular flexibility index (Phi) is 9.88. The molecular weight excluding hydrogens is 403 g/mol. The Balaban J connectivity index is 1.78. The Morgan fingerprint density at radius 1 is 1.18 bits per heavy atom. The minimum atomic E-state index is -1.36. The van der Waals surface area contributed by atoms with Gasteiger partial charge in [-0.2, -0.15) is 0 Å². The SMILES string of the molecule is COCCCCCCCCC1COC(CN(C(=O)[O-])c2cc(Cl)cc(Cl)c2)=N1. The summed E-state index contributed by atoms with van der Waals surface area (Å²) in [6.07, 6.45) is 6.59. The van der Waals surface area contributed by atoms with Crippen LogP contribution in [0.25, 0.3) is 0 Å². The number of methoxy groups -OCH3 is 1. The molecule has 1 heterocycles. The summed E-state index contributed by atoms with van der Waals surface area (Å²) in [5, 5.41) is 12.2. The van der Waals surface area contributed by atoms with Crippen LogP contribution in [-0.2, 0) is 9.47 Å². The molecule has 0 saturated carbocycles. The summed E-state index contributed by atoms with van der Waals surface area (Å²) in [7, 11) is 1.73. The average molecular weight is 430 g/mol. The van der Waals surface area contributed by atoms with Crippen molar-refractivity contribution >= 4 is 40.9 Å². The van der Waals surface area contributed by atoms with E-state index in [4.69, 9.17) is 32.7 Å². The number of carbonyl (C=O) groups is 1. The Labute approximate surface area is 176 Å². The van der Waals surface area contributed by atoms with Crippen molar-refractivity contribution in [2.45, 2.75) is 51.0 Å². The van der Waals surface area contributed by atoms with E-state index in [0.717, 1.165) is 30.8 Å². The minimum absolute atomic E-state index is 0.0188. The third kappa shape index (κ3) is 7.86. The number of benzene rings is 1. The lowest BCUT2D eigenvalue weighted by atomic mass is 10.1. The van der Waals surface area contributed by atoms with E-state index in [1.54, 1.807) is 7.11 Å². The van der Waals surface area contributed by atoms with Crippen molar-refractivity contribution in [3.63, 3.8) is 0 Å². The molecule has 0 bridgehead atoms. The van der Waals surface area contributed by atoms with E-state index in [1.165, 1.54) is 43.9 Å². The zero-order valence-corrected chi connectivity index (χ0v) is 17.7. The molecule has 1 amide bonds. The molecule has 1 aliphatic heterocycles. The van der Waals surface area contributed by atoms with Gasteiger partial charge in [-0.3, -0.25) is 0 Å². The fourth-order valence-electron chi connectivity index (χ4n) is 3.13. The number of hydrogen-bond acceptors (Lipinski definition) is 5. The summed E-state index contributed by atoms with van der Waals surface area (Å²) in [5.74, 6) is 0.393. The zero-order chi connectivity index (χ0) is 20.4. The van der Waals surface area contributed by atoms with E-state index in [-0.39, 0.29) is 12.6 Å². The lowest BCUT2D eigenvalue weighted by Crippen LogP contribution is -2.44. The van der Waals surface area contributed by atoms with Crippen LogP contribution in [0.5, 0.6) is 0 Å². The maximum absolute atomic E-state index is 11.5. The van der Waals surface area contributed by atoms with Crippen molar-refractivity contribution < 1.29 is 19.4 Å². The molecule has 1 aromatic carbocycles. The van der Waals surface area contributed by atoms with Gasteiger partial charge in [-0.25, -0.2) is 4.99 Å². The summed E-state index contributed by atoms with van der Waals surface area (Å²) in [4.78, 5) is 17.1. The molecule has 6 nitrogen and oxygen atoms in total. The van der Waals surface area contributed by atoms with Gasteiger partial charge in [-0.15, -0.1) is 0 Å². The topological polar surface area (TPSA) is 74.2 Å². The van der Waals surface area contributed by atoms with Gasteiger partial charge in [0.1, 0.15) is 19.2 Å². The first-order chi connectivity index (χ1) is 13.5. The second-order valence-corrected chi connectivity index (χ2v) is 7.74. The Morgan fingerprint density at radius 2 is 1.82 bits per heavy atom. The first-order valence-corrected chi connectivity index (χ1v) is 10.4. The van der Waals surface area contributed by atoms with Crippen molar-refractivity contribution in [3.05, 3.63) is 28.2 Å². The summed E-state index contributed by atoms with van der Waals surface area (Å²) < 4.78 is 10.6. The van der Waals surface area contributed by atoms with Gasteiger partial charge in [-0.05, 0) is 31.0 Å². The summed E-state index contributed by atoms with van der Waals surface area (Å²) in [5.41, 5.74) is 0.334. The highest BCUT2D eigenvalue weighted by molar-refractivity contribution is 6.35. The predicted molar refractivity (Wildman–Crippen MR) is 111 cm³/mol. The molecule has 1 aromatic rings. The van der Waals surface area contributed by atoms with Crippen LogP contribution >= 0.6 is 23.2 Å². The van der Waals surface area contributed by atoms with E-state index in [9.17, 15) is 9.90 Å². The number of anilines is 1. The van der Waals surface area contributed by atoms with Crippen LogP contribution < -0.4 is 10.0 Å². The second kappa shape index (κ2) is 12.1. The predicted octanol–water partition coefficient (Wildman–Crippen LogP) is 4.32. The molecule has 0 aliphatic carbocycles. The highest BCUT2D eigenvalue weighted by atomic mass is 35.5. The Hall–Kier alpha value is -1.50. The molecular formula is C20H27Cl2N2O4-. The van der Waals surface area contributed by atoms with Crippen LogP contribution in [-0.4, -0.2) is 44.9 Å². The number of ether oxygens (including phenoxy) is 2. The maximum Gasteiger partial charge on any atom is 0.204 e. The fraction of sp³-hybridized carbons (Fsp3) is 0.600. The first-order valence-electron chi connectivity index (χ1n) is 9.62. The Morgan fingerprint density at radius 3 is 2.46 bits per heavy atom. The normalized spacial score (nSPS) is 16.0. The lowest BCUT2D eigenvalue weighted by molar-refractivity contribution is -0.246. The maximum atomic E-state index is 11.5. The summed E-state index contributed by atoms with van der Waals surface area (Å²) >= 11 is 11.9. The highest BCUT2D eigenvalue weighted by Crippen LogP contribution is 2.26. The fourth-order valence-corrected chi connectivity index (χ4v) is 3.64. The van der Waals surface area contributed by atoms with Crippen molar-refractivity contribution in [2.24, 2.45) is 4.99 Å². The molecule has 0 saturated heterocycles. The lowest BCUT2D eigenvalue weighted by Gasteiger charge is -2.25. The van der Waals surface area contributed by atoms with Gasteiger partial charge in [0.2, 0.25) is 5.90 Å². The van der Waals surface area contributed by atoms with Gasteiger partial charge in [0.25, 0.3) is 0 Å². The van der Waals surface area contributed by atoms with Crippen LogP contribution in [0.4, 0.5) is 10.5 Å². The molecule has 0 spiro atoms. The summed E-state index contributed by atoms with van der Waals surface area (Å²) in [6, 6.07) is 4.65. The molecule has 1 unspecified atom stereocenters. The van der Waals surface area contributed by atoms with Gasteiger partial charge >= 0.3 is 0 Å². The van der Waals surface area contributed by atoms with Crippen LogP contribution in [0.2, 0.25) is 10.0 Å². The van der Waals surface area contributed by atoms with E-state index in [1.807, 2.05) is 0 Å². The van der Waals surface area contributed by atoms with Crippen molar-refractivity contribution in [2.75, 3.05) is 31.8 Å². The van der Waals surface area contributed by atoms with E-state index in [0.29, 0.717) is 28.2 Å². The van der Waals surface area contributed by atoms with E-state index < -0.39 is 6.09 Å². The quantitative estimate of drug-likeness (QED) is 0.463. The smallest absolute Gasteiger partial charge is 0.204 e. The van der Waals surface area contributed by atoms with Crippen molar-refractivity contribution in [1.29, 1.82) is 0 Å². The van der Waals surface area contributed by atoms with Gasteiger partial charge in [0.15, 0.2) is 0 Å². The van der Waals surface area contributed by atoms with Crippen molar-refractivity contribution in [1.82, 2.24) is 0 Å². The van der Waals surface area contributed by atoms with E-state index >= 15 is 0 Å². The molecule has 0 aromatic heterocycles. The minimum Gasteiger partial charge on any atom is -0.530 e. The van der Waals surface area contributed by atoms with Gasteiger partial charge < -0.3 is 24.3 Å². The van der Waals surface area contributed by atoms with Crippen LogP contribution in [0.15, 0.2) is 23.2 Å². The third-order valence-corrected chi connectivity index (χ3v) is 5.01. The monoisotopic (exact) mass is 429 g/mol. The molecule has 28 heavy (non-hydrogen) atoms.